The van der Waals surface area contributed by atoms with Crippen molar-refractivity contribution in [2.45, 2.75) is 31.6 Å². The quantitative estimate of drug-likeness (QED) is 0.175. The topological polar surface area (TPSA) is 51.6 Å². The van der Waals surface area contributed by atoms with Crippen LogP contribution in [0.5, 0.6) is 0 Å². The molecule has 3 unspecified atom stereocenters. The molecule has 4 heteroatoms. The highest BCUT2D eigenvalue weighted by molar-refractivity contribution is 5.76. The SMILES string of the molecule is c1ccc(-c2cc(-c3ccccc3)nc(-c3cccc(-c4cc(-c5ccc(C6CC7CCC6C7)cc5)nc(-c5ccccc5)n4)c3)n2)cc1. The molecule has 0 aliphatic heterocycles. The van der Waals surface area contributed by atoms with Crippen molar-refractivity contribution in [2.24, 2.45) is 11.8 Å². The largest absolute Gasteiger partial charge is 0.228 e. The lowest BCUT2D eigenvalue weighted by molar-refractivity contribution is 0.420. The van der Waals surface area contributed by atoms with Crippen LogP contribution in [0.25, 0.3) is 67.8 Å². The van der Waals surface area contributed by atoms with Crippen molar-refractivity contribution >= 4 is 0 Å². The van der Waals surface area contributed by atoms with Crippen LogP contribution >= 0.6 is 0 Å². The van der Waals surface area contributed by atoms with Gasteiger partial charge in [-0.1, -0.05) is 140 Å². The summed E-state index contributed by atoms with van der Waals surface area (Å²) in [6.45, 7) is 0. The molecule has 0 spiro atoms. The third kappa shape index (κ3) is 5.95. The highest BCUT2D eigenvalue weighted by Gasteiger charge is 2.40. The van der Waals surface area contributed by atoms with E-state index >= 15 is 0 Å². The van der Waals surface area contributed by atoms with Gasteiger partial charge in [-0.15, -0.1) is 0 Å². The molecule has 2 aliphatic rings. The van der Waals surface area contributed by atoms with Crippen LogP contribution in [-0.2, 0) is 0 Å². The van der Waals surface area contributed by atoms with Gasteiger partial charge in [0.25, 0.3) is 0 Å². The Kier molecular flexibility index (Phi) is 7.62. The van der Waals surface area contributed by atoms with Crippen molar-refractivity contribution in [2.75, 3.05) is 0 Å². The highest BCUT2D eigenvalue weighted by Crippen LogP contribution is 2.53. The van der Waals surface area contributed by atoms with Gasteiger partial charge >= 0.3 is 0 Å². The summed E-state index contributed by atoms with van der Waals surface area (Å²) in [6, 6.07) is 52.7. The fourth-order valence-electron chi connectivity index (χ4n) is 7.92. The maximum absolute atomic E-state index is 5.12. The standard InChI is InChI=1S/C45H36N4/c1-4-11-32(12-5-1)40-28-41(33-13-6-2-7-14-33)48-45(47-40)38-18-10-17-37(27-38)43-29-42(46-44(49-43)35-15-8-3-9-16-35)34-23-21-31(22-24-34)39-26-30-19-20-36(39)25-30/h1-18,21-24,27-30,36,39H,19-20,25-26H2. The lowest BCUT2D eigenvalue weighted by Crippen LogP contribution is -2.08. The molecule has 2 bridgehead atoms. The Labute approximate surface area is 287 Å². The van der Waals surface area contributed by atoms with Crippen LogP contribution in [0.15, 0.2) is 152 Å². The monoisotopic (exact) mass is 632 g/mol. The minimum atomic E-state index is 0.677. The molecule has 2 aliphatic carbocycles. The van der Waals surface area contributed by atoms with Crippen LogP contribution in [0, 0.1) is 11.8 Å². The highest BCUT2D eigenvalue weighted by atomic mass is 14.9. The fourth-order valence-corrected chi connectivity index (χ4v) is 7.92. The molecule has 0 amide bonds. The van der Waals surface area contributed by atoms with Gasteiger partial charge in [-0.25, -0.2) is 19.9 Å². The van der Waals surface area contributed by atoms with E-state index < -0.39 is 0 Å². The van der Waals surface area contributed by atoms with E-state index in [9.17, 15) is 0 Å². The summed E-state index contributed by atoms with van der Waals surface area (Å²) in [5, 5.41) is 0. The molecule has 4 nitrogen and oxygen atoms in total. The van der Waals surface area contributed by atoms with E-state index in [1.807, 2.05) is 54.6 Å². The first kappa shape index (κ1) is 29.4. The third-order valence-corrected chi connectivity index (χ3v) is 10.4. The molecule has 9 rings (SSSR count). The predicted molar refractivity (Wildman–Crippen MR) is 198 cm³/mol. The molecular weight excluding hydrogens is 597 g/mol. The zero-order valence-corrected chi connectivity index (χ0v) is 27.3. The maximum Gasteiger partial charge on any atom is 0.160 e. The smallest absolute Gasteiger partial charge is 0.160 e. The van der Waals surface area contributed by atoms with Gasteiger partial charge in [0.15, 0.2) is 11.6 Å². The number of benzene rings is 5. The number of hydrogen-bond acceptors (Lipinski definition) is 4. The van der Waals surface area contributed by atoms with Gasteiger partial charge in [0.1, 0.15) is 0 Å². The minimum absolute atomic E-state index is 0.677. The summed E-state index contributed by atoms with van der Waals surface area (Å²) in [4.78, 5) is 20.4. The van der Waals surface area contributed by atoms with Gasteiger partial charge in [0, 0.05) is 33.4 Å². The van der Waals surface area contributed by atoms with Gasteiger partial charge in [-0.3, -0.25) is 0 Å². The van der Waals surface area contributed by atoms with Gasteiger partial charge in [-0.2, -0.15) is 0 Å². The van der Waals surface area contributed by atoms with Crippen molar-refractivity contribution < 1.29 is 0 Å². The van der Waals surface area contributed by atoms with E-state index in [1.54, 1.807) is 0 Å². The van der Waals surface area contributed by atoms with Crippen LogP contribution in [0.1, 0.15) is 37.2 Å². The van der Waals surface area contributed by atoms with Crippen LogP contribution in [0.4, 0.5) is 0 Å². The van der Waals surface area contributed by atoms with Gasteiger partial charge in [0.2, 0.25) is 0 Å². The Balaban J connectivity index is 1.12. The normalized spacial score (nSPS) is 18.1. The van der Waals surface area contributed by atoms with Crippen molar-refractivity contribution in [3.8, 4) is 67.8 Å². The Morgan fingerprint density at radius 3 is 1.37 bits per heavy atom. The van der Waals surface area contributed by atoms with Crippen molar-refractivity contribution in [3.05, 3.63) is 157 Å². The first-order chi connectivity index (χ1) is 24.2. The summed E-state index contributed by atoms with van der Waals surface area (Å²) in [6.07, 6.45) is 5.57. The predicted octanol–water partition coefficient (Wildman–Crippen LogP) is 11.2. The Bertz CT molecular complexity index is 2170. The first-order valence-electron chi connectivity index (χ1n) is 17.4. The molecule has 0 N–H and O–H groups in total. The van der Waals surface area contributed by atoms with Gasteiger partial charge in [-0.05, 0) is 60.8 Å². The molecule has 2 fully saturated rings. The zero-order chi connectivity index (χ0) is 32.6. The molecule has 3 atom stereocenters. The second kappa shape index (κ2) is 12.7. The van der Waals surface area contributed by atoms with Crippen LogP contribution in [0.2, 0.25) is 0 Å². The molecule has 49 heavy (non-hydrogen) atoms. The van der Waals surface area contributed by atoms with E-state index in [0.29, 0.717) is 17.6 Å². The molecule has 2 heterocycles. The number of nitrogens with zero attached hydrogens (tertiary/aromatic N) is 4. The molecule has 7 aromatic rings. The van der Waals surface area contributed by atoms with Crippen molar-refractivity contribution in [1.29, 1.82) is 0 Å². The average molecular weight is 633 g/mol. The summed E-state index contributed by atoms with van der Waals surface area (Å²) in [5.41, 5.74) is 11.2. The number of rotatable bonds is 7. The molecule has 236 valence electrons. The van der Waals surface area contributed by atoms with E-state index in [2.05, 4.69) is 97.1 Å². The lowest BCUT2D eigenvalue weighted by atomic mass is 9.83. The fraction of sp³-hybridized carbons (Fsp3) is 0.156. The Morgan fingerprint density at radius 1 is 0.367 bits per heavy atom. The molecule has 0 radical (unpaired) electrons. The second-order valence-corrected chi connectivity index (χ2v) is 13.5. The number of aromatic nitrogens is 4. The molecule has 5 aromatic carbocycles. The summed E-state index contributed by atoms with van der Waals surface area (Å²) in [7, 11) is 0. The van der Waals surface area contributed by atoms with E-state index in [4.69, 9.17) is 19.9 Å². The number of hydrogen-bond donors (Lipinski definition) is 0. The molecular formula is C45H36N4. The molecule has 0 saturated heterocycles. The lowest BCUT2D eigenvalue weighted by Gasteiger charge is -2.22. The van der Waals surface area contributed by atoms with Gasteiger partial charge < -0.3 is 0 Å². The van der Waals surface area contributed by atoms with Crippen LogP contribution < -0.4 is 0 Å². The first-order valence-corrected chi connectivity index (χ1v) is 17.4. The van der Waals surface area contributed by atoms with Crippen molar-refractivity contribution in [1.82, 2.24) is 19.9 Å². The maximum atomic E-state index is 5.12. The Hall–Kier alpha value is -5.74. The zero-order valence-electron chi connectivity index (χ0n) is 27.3. The molecule has 2 aromatic heterocycles. The average Bonchev–Trinajstić information content (AvgIpc) is 3.83. The van der Waals surface area contributed by atoms with E-state index in [1.165, 1.54) is 31.2 Å². The second-order valence-electron chi connectivity index (χ2n) is 13.5. The summed E-state index contributed by atoms with van der Waals surface area (Å²) in [5.74, 6) is 3.89. The van der Waals surface area contributed by atoms with Crippen LogP contribution in [0.3, 0.4) is 0 Å². The minimum Gasteiger partial charge on any atom is -0.228 e. The van der Waals surface area contributed by atoms with Crippen LogP contribution in [-0.4, -0.2) is 19.9 Å². The van der Waals surface area contributed by atoms with E-state index in [0.717, 1.165) is 68.0 Å². The van der Waals surface area contributed by atoms with Crippen molar-refractivity contribution in [3.63, 3.8) is 0 Å². The summed E-state index contributed by atoms with van der Waals surface area (Å²) < 4.78 is 0. The third-order valence-electron chi connectivity index (χ3n) is 10.4. The van der Waals surface area contributed by atoms with E-state index in [-0.39, 0.29) is 0 Å². The van der Waals surface area contributed by atoms with Gasteiger partial charge in [0.05, 0.1) is 22.8 Å². The molecule has 2 saturated carbocycles. The Morgan fingerprint density at radius 2 is 0.837 bits per heavy atom. The number of fused-ring (bicyclic) bond motifs is 2. The summed E-state index contributed by atoms with van der Waals surface area (Å²) >= 11 is 0.